The van der Waals surface area contributed by atoms with Crippen LogP contribution in [0.5, 0.6) is 0 Å². The molecule has 1 atom stereocenters. The van der Waals surface area contributed by atoms with Gasteiger partial charge in [0.05, 0.1) is 17.9 Å². The molecule has 1 aromatic carbocycles. The molecule has 0 spiro atoms. The third kappa shape index (κ3) is 5.32. The fourth-order valence-corrected chi connectivity index (χ4v) is 4.62. The van der Waals surface area contributed by atoms with Crippen molar-refractivity contribution in [1.82, 2.24) is 4.90 Å². The predicted octanol–water partition coefficient (Wildman–Crippen LogP) is 1.59. The highest BCUT2D eigenvalue weighted by molar-refractivity contribution is 7.91. The van der Waals surface area contributed by atoms with Crippen LogP contribution in [-0.2, 0) is 25.8 Å². The minimum Gasteiger partial charge on any atom is -0.385 e. The normalized spacial score (nSPS) is 19.7. The standard InChI is InChI=1S/C17H25NO4S/c1-14-4-6-15(7-5-14)12-17(19)18(9-3-10-22-2)16-8-11-23(20,21)13-16/h4-7,16H,3,8-13H2,1-2H3. The van der Waals surface area contributed by atoms with Gasteiger partial charge in [-0.05, 0) is 25.3 Å². The second-order valence-corrected chi connectivity index (χ2v) is 8.38. The summed E-state index contributed by atoms with van der Waals surface area (Å²) in [7, 11) is -1.38. The molecule has 1 amide bonds. The van der Waals surface area contributed by atoms with Gasteiger partial charge in [0.2, 0.25) is 5.91 Å². The predicted molar refractivity (Wildman–Crippen MR) is 90.1 cm³/mol. The lowest BCUT2D eigenvalue weighted by Crippen LogP contribution is -2.42. The highest BCUT2D eigenvalue weighted by Crippen LogP contribution is 2.19. The molecule has 0 radical (unpaired) electrons. The van der Waals surface area contributed by atoms with E-state index >= 15 is 0 Å². The molecule has 0 saturated carbocycles. The number of carbonyl (C=O) groups is 1. The summed E-state index contributed by atoms with van der Waals surface area (Å²) in [5.74, 6) is 0.252. The largest absolute Gasteiger partial charge is 0.385 e. The summed E-state index contributed by atoms with van der Waals surface area (Å²) >= 11 is 0. The van der Waals surface area contributed by atoms with Gasteiger partial charge < -0.3 is 9.64 Å². The van der Waals surface area contributed by atoms with E-state index in [2.05, 4.69) is 0 Å². The number of carbonyl (C=O) groups excluding carboxylic acids is 1. The Bertz CT molecular complexity index is 624. The molecule has 1 aliphatic rings. The Morgan fingerprint density at radius 2 is 2.00 bits per heavy atom. The molecule has 1 fully saturated rings. The second kappa shape index (κ2) is 7.93. The molecule has 0 aliphatic carbocycles. The zero-order valence-electron chi connectivity index (χ0n) is 13.8. The third-order valence-corrected chi connectivity index (χ3v) is 5.94. The van der Waals surface area contributed by atoms with Gasteiger partial charge >= 0.3 is 0 Å². The smallest absolute Gasteiger partial charge is 0.227 e. The zero-order valence-corrected chi connectivity index (χ0v) is 14.6. The van der Waals surface area contributed by atoms with Crippen molar-refractivity contribution in [2.24, 2.45) is 0 Å². The topological polar surface area (TPSA) is 63.7 Å². The lowest BCUT2D eigenvalue weighted by molar-refractivity contribution is -0.132. The maximum absolute atomic E-state index is 12.7. The number of ether oxygens (including phenoxy) is 1. The van der Waals surface area contributed by atoms with E-state index in [0.717, 1.165) is 11.1 Å². The Kier molecular flexibility index (Phi) is 6.18. The van der Waals surface area contributed by atoms with Crippen LogP contribution in [0.3, 0.4) is 0 Å². The van der Waals surface area contributed by atoms with Crippen LogP contribution in [-0.4, -0.2) is 57.0 Å². The van der Waals surface area contributed by atoms with Gasteiger partial charge in [0, 0.05) is 26.3 Å². The maximum atomic E-state index is 12.7. The van der Waals surface area contributed by atoms with Crippen molar-refractivity contribution in [3.05, 3.63) is 35.4 Å². The number of hydrogen-bond acceptors (Lipinski definition) is 4. The first-order chi connectivity index (χ1) is 10.9. The molecular weight excluding hydrogens is 314 g/mol. The van der Waals surface area contributed by atoms with Gasteiger partial charge in [-0.25, -0.2) is 8.42 Å². The van der Waals surface area contributed by atoms with Crippen LogP contribution in [0.1, 0.15) is 24.0 Å². The first-order valence-corrected chi connectivity index (χ1v) is 9.78. The van der Waals surface area contributed by atoms with Crippen LogP contribution >= 0.6 is 0 Å². The summed E-state index contributed by atoms with van der Waals surface area (Å²) in [6.07, 6.45) is 1.56. The first kappa shape index (κ1) is 17.9. The fourth-order valence-electron chi connectivity index (χ4n) is 2.89. The summed E-state index contributed by atoms with van der Waals surface area (Å²) in [4.78, 5) is 14.4. The second-order valence-electron chi connectivity index (χ2n) is 6.15. The van der Waals surface area contributed by atoms with Crippen LogP contribution < -0.4 is 0 Å². The average molecular weight is 339 g/mol. The van der Waals surface area contributed by atoms with E-state index < -0.39 is 9.84 Å². The summed E-state index contributed by atoms with van der Waals surface area (Å²) < 4.78 is 28.5. The van der Waals surface area contributed by atoms with Crippen molar-refractivity contribution in [1.29, 1.82) is 0 Å². The minimum absolute atomic E-state index is 0.00736. The molecule has 2 rings (SSSR count). The van der Waals surface area contributed by atoms with Gasteiger partial charge in [-0.15, -0.1) is 0 Å². The third-order valence-electron chi connectivity index (χ3n) is 4.19. The Labute approximate surface area is 138 Å². The molecule has 1 unspecified atom stereocenters. The Balaban J connectivity index is 2.05. The fraction of sp³-hybridized carbons (Fsp3) is 0.588. The van der Waals surface area contributed by atoms with Gasteiger partial charge in [-0.1, -0.05) is 29.8 Å². The van der Waals surface area contributed by atoms with Crippen molar-refractivity contribution in [2.45, 2.75) is 32.2 Å². The molecule has 0 N–H and O–H groups in total. The maximum Gasteiger partial charge on any atom is 0.227 e. The van der Waals surface area contributed by atoms with Crippen molar-refractivity contribution >= 4 is 15.7 Å². The molecule has 0 aromatic heterocycles. The van der Waals surface area contributed by atoms with Gasteiger partial charge in [0.1, 0.15) is 0 Å². The molecular formula is C17H25NO4S. The Morgan fingerprint density at radius 3 is 2.57 bits per heavy atom. The number of amides is 1. The first-order valence-electron chi connectivity index (χ1n) is 7.95. The molecule has 1 aliphatic heterocycles. The monoisotopic (exact) mass is 339 g/mol. The van der Waals surface area contributed by atoms with E-state index in [1.54, 1.807) is 12.0 Å². The number of nitrogens with zero attached hydrogens (tertiary/aromatic N) is 1. The van der Waals surface area contributed by atoms with Crippen molar-refractivity contribution in [3.8, 4) is 0 Å². The molecule has 1 saturated heterocycles. The summed E-state index contributed by atoms with van der Waals surface area (Å²) in [6.45, 7) is 3.11. The lowest BCUT2D eigenvalue weighted by Gasteiger charge is -2.28. The van der Waals surface area contributed by atoms with Crippen LogP contribution in [0.25, 0.3) is 0 Å². The van der Waals surface area contributed by atoms with E-state index in [9.17, 15) is 13.2 Å². The average Bonchev–Trinajstić information content (AvgIpc) is 2.86. The molecule has 23 heavy (non-hydrogen) atoms. The lowest BCUT2D eigenvalue weighted by atomic mass is 10.1. The molecule has 6 heteroatoms. The molecule has 0 bridgehead atoms. The molecule has 128 valence electrons. The number of methoxy groups -OCH3 is 1. The Morgan fingerprint density at radius 1 is 1.30 bits per heavy atom. The molecule has 1 heterocycles. The number of hydrogen-bond donors (Lipinski definition) is 0. The molecule has 5 nitrogen and oxygen atoms in total. The van der Waals surface area contributed by atoms with Crippen molar-refractivity contribution in [3.63, 3.8) is 0 Å². The summed E-state index contributed by atoms with van der Waals surface area (Å²) in [5.41, 5.74) is 2.11. The van der Waals surface area contributed by atoms with E-state index in [4.69, 9.17) is 4.74 Å². The zero-order chi connectivity index (χ0) is 16.9. The number of sulfone groups is 1. The summed E-state index contributed by atoms with van der Waals surface area (Å²) in [5, 5.41) is 0. The van der Waals surface area contributed by atoms with Crippen molar-refractivity contribution < 1.29 is 17.9 Å². The van der Waals surface area contributed by atoms with E-state index in [0.29, 0.717) is 32.4 Å². The number of benzene rings is 1. The highest BCUT2D eigenvalue weighted by Gasteiger charge is 2.34. The number of rotatable bonds is 7. The van der Waals surface area contributed by atoms with E-state index in [-0.39, 0.29) is 23.5 Å². The van der Waals surface area contributed by atoms with Crippen molar-refractivity contribution in [2.75, 3.05) is 31.8 Å². The Hall–Kier alpha value is -1.40. The van der Waals surface area contributed by atoms with Crippen LogP contribution in [0.4, 0.5) is 0 Å². The van der Waals surface area contributed by atoms with Gasteiger partial charge in [0.25, 0.3) is 0 Å². The quantitative estimate of drug-likeness (QED) is 0.708. The van der Waals surface area contributed by atoms with Gasteiger partial charge in [-0.3, -0.25) is 4.79 Å². The van der Waals surface area contributed by atoms with Crippen LogP contribution in [0.2, 0.25) is 0 Å². The minimum atomic E-state index is -3.01. The van der Waals surface area contributed by atoms with Crippen LogP contribution in [0, 0.1) is 6.92 Å². The van der Waals surface area contributed by atoms with E-state index in [1.165, 1.54) is 0 Å². The van der Waals surface area contributed by atoms with Gasteiger partial charge in [0.15, 0.2) is 9.84 Å². The van der Waals surface area contributed by atoms with Crippen LogP contribution in [0.15, 0.2) is 24.3 Å². The molecule has 1 aromatic rings. The summed E-state index contributed by atoms with van der Waals surface area (Å²) in [6, 6.07) is 7.67. The highest BCUT2D eigenvalue weighted by atomic mass is 32.2. The van der Waals surface area contributed by atoms with E-state index in [1.807, 2.05) is 31.2 Å². The van der Waals surface area contributed by atoms with Gasteiger partial charge in [-0.2, -0.15) is 0 Å². The number of aryl methyl sites for hydroxylation is 1. The SMILES string of the molecule is COCCCN(C(=O)Cc1ccc(C)cc1)C1CCS(=O)(=O)C1.